The van der Waals surface area contributed by atoms with Crippen molar-refractivity contribution in [2.45, 2.75) is 72.9 Å². The molecule has 3 heterocycles. The number of unbranched alkanes of at least 4 members (excludes halogenated alkanes) is 2. The number of ether oxygens (including phenoxy) is 1. The van der Waals surface area contributed by atoms with Crippen LogP contribution in [0.25, 0.3) is 0 Å². The van der Waals surface area contributed by atoms with Crippen molar-refractivity contribution >= 4 is 19.2 Å². The van der Waals surface area contributed by atoms with Crippen LogP contribution >= 0.6 is 0 Å². The Morgan fingerprint density at radius 1 is 1.19 bits per heavy atom. The zero-order chi connectivity index (χ0) is 18.7. The number of hydrogen-bond donors (Lipinski definition) is 2. The second-order valence-corrected chi connectivity index (χ2v) is 16.3. The van der Waals surface area contributed by atoms with E-state index in [1.807, 2.05) is 0 Å². The Labute approximate surface area is 156 Å². The second-order valence-electron chi connectivity index (χ2n) is 6.91. The molecule has 2 saturated heterocycles. The van der Waals surface area contributed by atoms with Crippen LogP contribution in [0.1, 0.15) is 45.8 Å². The van der Waals surface area contributed by atoms with E-state index < -0.39 is 55.0 Å². The van der Waals surface area contributed by atoms with Gasteiger partial charge in [-0.25, -0.2) is 0 Å². The van der Waals surface area contributed by atoms with Gasteiger partial charge in [0, 0.05) is 0 Å². The van der Waals surface area contributed by atoms with Gasteiger partial charge in [-0.1, -0.05) is 0 Å². The molecule has 0 radical (unpaired) electrons. The van der Waals surface area contributed by atoms with E-state index in [4.69, 9.17) is 10.9 Å². The molecular weight excluding hydrogens is 449 g/mol. The van der Waals surface area contributed by atoms with Crippen molar-refractivity contribution in [2.75, 3.05) is 6.61 Å². The van der Waals surface area contributed by atoms with Gasteiger partial charge in [0.1, 0.15) is 0 Å². The van der Waals surface area contributed by atoms with Crippen LogP contribution < -0.4 is 11.2 Å². The number of aromatic amines is 1. The fourth-order valence-corrected chi connectivity index (χ4v) is 15.3. The number of H-pyrrole nitrogens is 1. The molecule has 9 nitrogen and oxygen atoms in total. The molecule has 0 saturated carbocycles. The first kappa shape index (κ1) is 20.0. The van der Waals surface area contributed by atoms with Crippen LogP contribution in [0, 0.1) is 0 Å². The first-order valence-corrected chi connectivity index (χ1v) is 15.7. The van der Waals surface area contributed by atoms with Gasteiger partial charge in [-0.3, -0.25) is 0 Å². The molecule has 0 spiro atoms. The summed E-state index contributed by atoms with van der Waals surface area (Å²) < 4.78 is 21.8. The fourth-order valence-electron chi connectivity index (χ4n) is 3.64. The van der Waals surface area contributed by atoms with Crippen molar-refractivity contribution in [1.82, 2.24) is 14.8 Å². The van der Waals surface area contributed by atoms with Crippen molar-refractivity contribution in [3.05, 3.63) is 27.0 Å². The summed E-state index contributed by atoms with van der Waals surface area (Å²) in [5, 5.41) is 13.6. The van der Waals surface area contributed by atoms with Crippen molar-refractivity contribution in [1.29, 1.82) is 0 Å². The maximum absolute atomic E-state index is 12.1. The van der Waals surface area contributed by atoms with Crippen molar-refractivity contribution in [3.8, 4) is 0 Å². The summed E-state index contributed by atoms with van der Waals surface area (Å²) in [5.41, 5.74) is -1.22. The van der Waals surface area contributed by atoms with Gasteiger partial charge in [0.2, 0.25) is 0 Å². The molecule has 146 valence electrons. The van der Waals surface area contributed by atoms with E-state index in [9.17, 15) is 14.7 Å². The predicted molar refractivity (Wildman–Crippen MR) is 95.0 cm³/mol. The third kappa shape index (κ3) is 3.91. The summed E-state index contributed by atoms with van der Waals surface area (Å²) in [6, 6.07) is 0. The molecule has 3 rings (SSSR count). The number of hydrogen-bond acceptors (Lipinski definition) is 7. The maximum atomic E-state index is 12.1. The predicted octanol–water partition coefficient (Wildman–Crippen LogP) is 0.648. The second kappa shape index (κ2) is 8.51. The van der Waals surface area contributed by atoms with E-state index >= 15 is 0 Å². The molecule has 0 unspecified atom stereocenters. The Balaban J connectivity index is 1.89. The van der Waals surface area contributed by atoms with Crippen LogP contribution in [0.15, 0.2) is 15.8 Å². The molecule has 2 fully saturated rings. The average Bonchev–Trinajstić information content (AvgIpc) is 3.14. The first-order valence-electron chi connectivity index (χ1n) is 9.33. The summed E-state index contributed by atoms with van der Waals surface area (Å²) in [6.45, 7) is 4.06. The van der Waals surface area contributed by atoms with Gasteiger partial charge in [0.25, 0.3) is 0 Å². The van der Waals surface area contributed by atoms with Gasteiger partial charge < -0.3 is 0 Å². The summed E-state index contributed by atoms with van der Waals surface area (Å²) in [7, 11) is 0. The minimum atomic E-state index is -3.31. The monoisotopic (exact) mass is 477 g/mol. The molecule has 1 aromatic rings. The van der Waals surface area contributed by atoms with Gasteiger partial charge in [0.05, 0.1) is 0 Å². The fraction of sp³-hybridized carbons (Fsp3) is 0.812. The normalized spacial score (nSPS) is 29.8. The Morgan fingerprint density at radius 3 is 2.42 bits per heavy atom. The number of rotatable bonds is 8. The third-order valence-corrected chi connectivity index (χ3v) is 15.3. The van der Waals surface area contributed by atoms with E-state index in [1.54, 1.807) is 0 Å². The molecular formula is C16H27N3O6Sn. The van der Waals surface area contributed by atoms with E-state index in [-0.39, 0.29) is 6.61 Å². The molecule has 0 aliphatic carbocycles. The van der Waals surface area contributed by atoms with Crippen molar-refractivity contribution in [2.24, 2.45) is 0 Å². The molecule has 0 aromatic carbocycles. The molecule has 4 atom stereocenters. The van der Waals surface area contributed by atoms with Crippen LogP contribution in [0.3, 0.4) is 0 Å². The summed E-state index contributed by atoms with van der Waals surface area (Å²) in [6.07, 6.45) is 3.02. The number of fused-ring (bicyclic) bond motifs is 1. The summed E-state index contributed by atoms with van der Waals surface area (Å²) >= 11 is -3.31. The Kier molecular flexibility index (Phi) is 6.54. The quantitative estimate of drug-likeness (QED) is 0.530. The van der Waals surface area contributed by atoms with Gasteiger partial charge >= 0.3 is 157 Å². The molecule has 0 amide bonds. The molecule has 10 heteroatoms. The Morgan fingerprint density at radius 2 is 1.85 bits per heavy atom. The number of nitrogens with zero attached hydrogens (tertiary/aromatic N) is 2. The van der Waals surface area contributed by atoms with Gasteiger partial charge in [-0.2, -0.15) is 0 Å². The number of aromatic nitrogens is 3. The van der Waals surface area contributed by atoms with Crippen LogP contribution in [-0.2, 0) is 10.9 Å². The molecule has 0 bridgehead atoms. The van der Waals surface area contributed by atoms with Crippen LogP contribution in [0.2, 0.25) is 8.87 Å². The van der Waals surface area contributed by atoms with E-state index in [0.717, 1.165) is 45.4 Å². The summed E-state index contributed by atoms with van der Waals surface area (Å²) in [4.78, 5) is 25.6. The van der Waals surface area contributed by atoms with Gasteiger partial charge in [0.15, 0.2) is 0 Å². The Hall–Kier alpha value is -0.751. The standard InChI is InChI=1S/C8H9N3O6.2C4H9.Sn/c12-2-3-5(14)6(15)7(17-3)11-8(16)10-4(13)1-9-11;2*1-3-4-2;/h1,3,5-7,12H,2H2,(H,10,13,16);2*1,3-4H2,2H3;/q-2;;;+2/t3-,5-,6-,7+;;;/m1.../s1. The van der Waals surface area contributed by atoms with E-state index in [2.05, 4.69) is 23.9 Å². The Bertz CT molecular complexity index is 714. The van der Waals surface area contributed by atoms with E-state index in [0.29, 0.717) is 0 Å². The molecule has 26 heavy (non-hydrogen) atoms. The van der Waals surface area contributed by atoms with E-state index in [1.165, 1.54) is 0 Å². The van der Waals surface area contributed by atoms with Gasteiger partial charge in [-0.15, -0.1) is 0 Å². The third-order valence-electron chi connectivity index (χ3n) is 4.97. The topological polar surface area (TPSA) is 116 Å². The van der Waals surface area contributed by atoms with Gasteiger partial charge in [-0.05, 0) is 0 Å². The van der Waals surface area contributed by atoms with Crippen LogP contribution in [0.4, 0.5) is 0 Å². The van der Waals surface area contributed by atoms with Crippen LogP contribution in [-0.4, -0.2) is 64.0 Å². The molecule has 2 aliphatic rings. The average molecular weight is 476 g/mol. The summed E-state index contributed by atoms with van der Waals surface area (Å²) in [5.74, 6) is 0. The molecule has 1 aromatic heterocycles. The SMILES string of the molecule is CCC[CH2][Sn]1([CH2]CCC)[O][C@@H]2[C@H]([O]1)[C@@H](CO)O[C@@H]2n1ncc(=O)[nH]c1=O. The minimum absolute atomic E-state index is 0.220. The van der Waals surface area contributed by atoms with Crippen LogP contribution in [0.5, 0.6) is 0 Å². The van der Waals surface area contributed by atoms with Crippen molar-refractivity contribution < 1.29 is 16.0 Å². The number of aliphatic hydroxyl groups excluding tert-OH is 1. The molecule has 2 N–H and O–H groups in total. The van der Waals surface area contributed by atoms with Crippen molar-refractivity contribution in [3.63, 3.8) is 0 Å². The first-order chi connectivity index (χ1) is 12.5. The number of aliphatic hydroxyl groups is 1. The zero-order valence-electron chi connectivity index (χ0n) is 15.2. The number of nitrogens with one attached hydrogen (secondary N) is 1. The zero-order valence-corrected chi connectivity index (χ0v) is 18.1. The molecule has 2 aliphatic heterocycles.